The molecule has 0 aliphatic rings. The lowest BCUT2D eigenvalue weighted by Gasteiger charge is -2.02. The summed E-state index contributed by atoms with van der Waals surface area (Å²) >= 11 is 0. The number of hydrogen-bond donors (Lipinski definition) is 2. The third kappa shape index (κ3) is 1.90. The second-order valence-electron chi connectivity index (χ2n) is 1.25. The summed E-state index contributed by atoms with van der Waals surface area (Å²) in [6, 6.07) is -0.951. The predicted octanol–water partition coefficient (Wildman–Crippen LogP) is -1.36. The maximum atomic E-state index is 10.2. The average Bonchev–Trinajstić information content (AvgIpc) is 1.84. The van der Waals surface area contributed by atoms with E-state index in [0.29, 0.717) is 0 Å². The normalized spacial score (nSPS) is 12.9. The maximum absolute atomic E-state index is 10.2. The summed E-state index contributed by atoms with van der Waals surface area (Å²) in [5.74, 6) is -0.701. The molecule has 0 spiro atoms. The lowest BCUT2D eigenvalue weighted by molar-refractivity contribution is -0.140. The van der Waals surface area contributed by atoms with Crippen molar-refractivity contribution in [1.29, 1.82) is 0 Å². The predicted molar refractivity (Wildman–Crippen MR) is 26.5 cm³/mol. The summed E-state index contributed by atoms with van der Waals surface area (Å²) in [7, 11) is 2.81. The molecule has 0 amide bonds. The minimum atomic E-state index is -0.951. The van der Waals surface area contributed by atoms with E-state index in [1.807, 2.05) is 0 Å². The molecule has 1 radical (unpaired) electrons. The molecule has 0 saturated carbocycles. The van der Waals surface area contributed by atoms with E-state index in [-0.39, 0.29) is 0 Å². The van der Waals surface area contributed by atoms with Gasteiger partial charge in [0.15, 0.2) is 0 Å². The Morgan fingerprint density at radius 2 is 2.50 bits per heavy atom. The number of aliphatic hydroxyl groups excluding tert-OH is 1. The molecule has 0 aliphatic heterocycles. The van der Waals surface area contributed by atoms with Crippen LogP contribution >= 0.6 is 0 Å². The largest absolute Gasteiger partial charge is 0.461 e. The van der Waals surface area contributed by atoms with Gasteiger partial charge in [-0.05, 0) is 0 Å². The van der Waals surface area contributed by atoms with Crippen molar-refractivity contribution in [2.24, 2.45) is 5.73 Å². The molecule has 1 atom stereocenters. The standard InChI is InChI=1S/C4H8NO3/c1-8-4(7)3(5)2-6/h3,6H,1-2,5H2/t3-/m0/s1. The second kappa shape index (κ2) is 3.40. The highest BCUT2D eigenvalue weighted by Gasteiger charge is 2.10. The van der Waals surface area contributed by atoms with Crippen LogP contribution in [0.3, 0.4) is 0 Å². The van der Waals surface area contributed by atoms with Gasteiger partial charge in [0.05, 0.1) is 6.61 Å². The molecule has 4 heteroatoms. The summed E-state index contributed by atoms with van der Waals surface area (Å²) in [6.07, 6.45) is 0. The number of carbonyl (C=O) groups is 1. The molecular weight excluding hydrogens is 110 g/mol. The van der Waals surface area contributed by atoms with E-state index >= 15 is 0 Å². The number of ether oxygens (including phenoxy) is 1. The Labute approximate surface area is 47.2 Å². The van der Waals surface area contributed by atoms with Crippen molar-refractivity contribution in [3.8, 4) is 0 Å². The molecule has 3 N–H and O–H groups in total. The molecule has 0 aromatic carbocycles. The van der Waals surface area contributed by atoms with Crippen LogP contribution in [0.25, 0.3) is 0 Å². The van der Waals surface area contributed by atoms with Gasteiger partial charge in [0.2, 0.25) is 0 Å². The van der Waals surface area contributed by atoms with Crippen LogP contribution in [0.2, 0.25) is 0 Å². The van der Waals surface area contributed by atoms with Gasteiger partial charge in [-0.1, -0.05) is 0 Å². The van der Waals surface area contributed by atoms with E-state index < -0.39 is 18.6 Å². The molecule has 0 aliphatic carbocycles. The van der Waals surface area contributed by atoms with Crippen LogP contribution in [-0.4, -0.2) is 23.7 Å². The summed E-state index contributed by atoms with van der Waals surface area (Å²) in [6.45, 7) is -0.408. The fourth-order valence-corrected chi connectivity index (χ4v) is 0.182. The molecule has 0 saturated heterocycles. The summed E-state index contributed by atoms with van der Waals surface area (Å²) < 4.78 is 3.93. The van der Waals surface area contributed by atoms with Crippen LogP contribution in [0.4, 0.5) is 0 Å². The van der Waals surface area contributed by atoms with Crippen molar-refractivity contribution in [2.75, 3.05) is 6.61 Å². The van der Waals surface area contributed by atoms with E-state index in [1.54, 1.807) is 0 Å². The topological polar surface area (TPSA) is 72.5 Å². The van der Waals surface area contributed by atoms with Crippen LogP contribution in [0.5, 0.6) is 0 Å². The quantitative estimate of drug-likeness (QED) is 0.439. The van der Waals surface area contributed by atoms with Crippen molar-refractivity contribution >= 4 is 5.97 Å². The van der Waals surface area contributed by atoms with E-state index in [1.165, 1.54) is 0 Å². The molecule has 0 aromatic rings. The monoisotopic (exact) mass is 118 g/mol. The van der Waals surface area contributed by atoms with Crippen LogP contribution < -0.4 is 5.73 Å². The highest BCUT2D eigenvalue weighted by Crippen LogP contribution is 1.79. The summed E-state index contributed by atoms with van der Waals surface area (Å²) in [5, 5.41) is 8.18. The lowest BCUT2D eigenvalue weighted by Crippen LogP contribution is -2.34. The molecule has 47 valence electrons. The van der Waals surface area contributed by atoms with Crippen molar-refractivity contribution in [3.05, 3.63) is 7.11 Å². The molecule has 0 aromatic heterocycles. The number of aliphatic hydroxyl groups is 1. The van der Waals surface area contributed by atoms with E-state index in [2.05, 4.69) is 11.8 Å². The van der Waals surface area contributed by atoms with Gasteiger partial charge in [0.1, 0.15) is 13.2 Å². The van der Waals surface area contributed by atoms with Gasteiger partial charge in [-0.2, -0.15) is 0 Å². The maximum Gasteiger partial charge on any atom is 0.325 e. The van der Waals surface area contributed by atoms with E-state index in [4.69, 9.17) is 10.8 Å². The van der Waals surface area contributed by atoms with Crippen molar-refractivity contribution in [1.82, 2.24) is 0 Å². The Morgan fingerprint density at radius 3 is 2.62 bits per heavy atom. The highest BCUT2D eigenvalue weighted by molar-refractivity contribution is 5.75. The van der Waals surface area contributed by atoms with Crippen LogP contribution in [0.1, 0.15) is 0 Å². The van der Waals surface area contributed by atoms with Crippen LogP contribution in [0, 0.1) is 7.11 Å². The van der Waals surface area contributed by atoms with Crippen LogP contribution in [-0.2, 0) is 9.53 Å². The van der Waals surface area contributed by atoms with E-state index in [0.717, 1.165) is 0 Å². The Morgan fingerprint density at radius 1 is 2.00 bits per heavy atom. The number of hydrogen-bond acceptors (Lipinski definition) is 4. The number of rotatable bonds is 2. The molecule has 8 heavy (non-hydrogen) atoms. The molecule has 0 fully saturated rings. The third-order valence-corrected chi connectivity index (χ3v) is 0.642. The molecule has 0 heterocycles. The zero-order valence-electron chi connectivity index (χ0n) is 4.33. The first-order chi connectivity index (χ1) is 3.72. The minimum absolute atomic E-state index is 0.408. The zero-order valence-corrected chi connectivity index (χ0v) is 4.33. The molecule has 0 rings (SSSR count). The Kier molecular flexibility index (Phi) is 3.14. The third-order valence-electron chi connectivity index (χ3n) is 0.642. The zero-order chi connectivity index (χ0) is 6.57. The van der Waals surface area contributed by atoms with Gasteiger partial charge >= 0.3 is 5.97 Å². The smallest absolute Gasteiger partial charge is 0.325 e. The average molecular weight is 118 g/mol. The highest BCUT2D eigenvalue weighted by atomic mass is 16.5. The Balaban J connectivity index is 3.46. The van der Waals surface area contributed by atoms with Crippen molar-refractivity contribution in [3.63, 3.8) is 0 Å². The molecule has 0 bridgehead atoms. The van der Waals surface area contributed by atoms with Crippen LogP contribution in [0.15, 0.2) is 0 Å². The SMILES string of the molecule is [CH2]OC(=O)[C@@H](N)CO. The minimum Gasteiger partial charge on any atom is -0.461 e. The fraction of sp³-hybridized carbons (Fsp3) is 0.500. The summed E-state index contributed by atoms with van der Waals surface area (Å²) in [4.78, 5) is 10.2. The van der Waals surface area contributed by atoms with Gasteiger partial charge in [0, 0.05) is 0 Å². The Hall–Kier alpha value is -0.610. The molecular formula is C4H8NO3. The van der Waals surface area contributed by atoms with Gasteiger partial charge in [0.25, 0.3) is 0 Å². The first kappa shape index (κ1) is 7.39. The van der Waals surface area contributed by atoms with E-state index in [9.17, 15) is 4.79 Å². The van der Waals surface area contributed by atoms with Gasteiger partial charge < -0.3 is 15.6 Å². The first-order valence-corrected chi connectivity index (χ1v) is 2.04. The number of carbonyl (C=O) groups excluding carboxylic acids is 1. The van der Waals surface area contributed by atoms with Crippen molar-refractivity contribution in [2.45, 2.75) is 6.04 Å². The Bertz CT molecular complexity index is 83.4. The number of nitrogens with two attached hydrogens (primary N) is 1. The van der Waals surface area contributed by atoms with Gasteiger partial charge in [-0.25, -0.2) is 0 Å². The lowest BCUT2D eigenvalue weighted by atomic mass is 10.3. The fourth-order valence-electron chi connectivity index (χ4n) is 0.182. The van der Waals surface area contributed by atoms with Gasteiger partial charge in [-0.15, -0.1) is 0 Å². The first-order valence-electron chi connectivity index (χ1n) is 2.04. The summed E-state index contributed by atoms with van der Waals surface area (Å²) in [5.41, 5.74) is 4.96. The molecule has 0 unspecified atom stereocenters. The van der Waals surface area contributed by atoms with Crippen molar-refractivity contribution < 1.29 is 14.6 Å². The second-order valence-corrected chi connectivity index (χ2v) is 1.25. The number of esters is 1. The van der Waals surface area contributed by atoms with Gasteiger partial charge in [-0.3, -0.25) is 4.79 Å². The molecule has 4 nitrogen and oxygen atoms in total.